The van der Waals surface area contributed by atoms with E-state index in [0.717, 1.165) is 34.7 Å². The number of halogens is 2. The Morgan fingerprint density at radius 1 is 1.50 bits per heavy atom. The fraction of sp³-hybridized carbons (Fsp3) is 0.500. The van der Waals surface area contributed by atoms with Gasteiger partial charge in [-0.2, -0.15) is 0 Å². The van der Waals surface area contributed by atoms with Gasteiger partial charge in [0.15, 0.2) is 0 Å². The van der Waals surface area contributed by atoms with Crippen molar-refractivity contribution in [1.29, 1.82) is 0 Å². The van der Waals surface area contributed by atoms with E-state index in [1.807, 2.05) is 12.1 Å². The summed E-state index contributed by atoms with van der Waals surface area (Å²) in [5.74, 6) is 0.522. The normalized spacial score (nSPS) is 25.9. The van der Waals surface area contributed by atoms with Gasteiger partial charge in [-0.15, -0.1) is 0 Å². The minimum atomic E-state index is 0.325. The molecule has 1 fully saturated rings. The first-order valence-electron chi connectivity index (χ1n) is 5.53. The average molecular weight is 304 g/mol. The monoisotopic (exact) mass is 302 g/mol. The Morgan fingerprint density at radius 2 is 2.25 bits per heavy atom. The number of benzene rings is 1. The van der Waals surface area contributed by atoms with Crippen molar-refractivity contribution in [3.05, 3.63) is 27.7 Å². The molecule has 2 N–H and O–H groups in total. The summed E-state index contributed by atoms with van der Waals surface area (Å²) in [5.41, 5.74) is 7.13. The van der Waals surface area contributed by atoms with Crippen LogP contribution in [0.3, 0.4) is 0 Å². The minimum absolute atomic E-state index is 0.325. The zero-order valence-corrected chi connectivity index (χ0v) is 11.6. The van der Waals surface area contributed by atoms with E-state index in [2.05, 4.69) is 33.8 Å². The molecule has 1 heterocycles. The molecule has 0 saturated carbocycles. The summed E-state index contributed by atoms with van der Waals surface area (Å²) >= 11 is 9.66. The average Bonchev–Trinajstić information content (AvgIpc) is 2.22. The molecule has 88 valence electrons. The molecule has 4 heteroatoms. The van der Waals surface area contributed by atoms with E-state index in [9.17, 15) is 0 Å². The molecule has 0 aromatic heterocycles. The van der Waals surface area contributed by atoms with Crippen LogP contribution in [0.1, 0.15) is 13.3 Å². The number of nitrogens with two attached hydrogens (primary N) is 1. The lowest BCUT2D eigenvalue weighted by Crippen LogP contribution is -2.46. The summed E-state index contributed by atoms with van der Waals surface area (Å²) in [7, 11) is 0. The van der Waals surface area contributed by atoms with Crippen LogP contribution in [0.5, 0.6) is 0 Å². The third kappa shape index (κ3) is 2.53. The summed E-state index contributed by atoms with van der Waals surface area (Å²) in [6.07, 6.45) is 1.04. The molecule has 2 nitrogen and oxygen atoms in total. The number of hydrogen-bond acceptors (Lipinski definition) is 2. The van der Waals surface area contributed by atoms with E-state index < -0.39 is 0 Å². The van der Waals surface area contributed by atoms with Crippen molar-refractivity contribution in [2.75, 3.05) is 18.0 Å². The summed E-state index contributed by atoms with van der Waals surface area (Å²) in [6.45, 7) is 4.18. The van der Waals surface area contributed by atoms with Crippen LogP contribution < -0.4 is 10.6 Å². The Morgan fingerprint density at radius 3 is 2.88 bits per heavy atom. The zero-order valence-electron chi connectivity index (χ0n) is 9.29. The maximum absolute atomic E-state index is 6.24. The van der Waals surface area contributed by atoms with Gasteiger partial charge in [0.1, 0.15) is 0 Å². The quantitative estimate of drug-likeness (QED) is 0.863. The maximum Gasteiger partial charge on any atom is 0.0650 e. The van der Waals surface area contributed by atoms with E-state index in [0.29, 0.717) is 12.0 Å². The fourth-order valence-corrected chi connectivity index (χ4v) is 2.91. The Balaban J connectivity index is 2.18. The highest BCUT2D eigenvalue weighted by Gasteiger charge is 2.24. The van der Waals surface area contributed by atoms with Crippen molar-refractivity contribution < 1.29 is 0 Å². The smallest absolute Gasteiger partial charge is 0.0650 e. The zero-order chi connectivity index (χ0) is 11.7. The minimum Gasteiger partial charge on any atom is -0.370 e. The molecule has 1 aliphatic heterocycles. The van der Waals surface area contributed by atoms with Crippen LogP contribution >= 0.6 is 27.5 Å². The third-order valence-electron chi connectivity index (χ3n) is 3.22. The van der Waals surface area contributed by atoms with Gasteiger partial charge < -0.3 is 10.6 Å². The Labute approximate surface area is 110 Å². The van der Waals surface area contributed by atoms with Crippen LogP contribution in [-0.4, -0.2) is 19.1 Å². The standard InChI is InChI=1S/C12H16BrClN2/c1-8-7-16(5-4-11(8)15)12-3-2-9(13)6-10(12)14/h2-3,6,8,11H,4-5,7,15H2,1H3. The van der Waals surface area contributed by atoms with Gasteiger partial charge in [0.25, 0.3) is 0 Å². The number of nitrogens with zero attached hydrogens (tertiary/aromatic N) is 1. The van der Waals surface area contributed by atoms with Gasteiger partial charge in [0, 0.05) is 23.6 Å². The van der Waals surface area contributed by atoms with Crippen molar-refractivity contribution in [1.82, 2.24) is 0 Å². The predicted molar refractivity (Wildman–Crippen MR) is 73.1 cm³/mol. The van der Waals surface area contributed by atoms with Gasteiger partial charge in [-0.05, 0) is 30.5 Å². The molecule has 1 saturated heterocycles. The number of hydrogen-bond donors (Lipinski definition) is 1. The van der Waals surface area contributed by atoms with Gasteiger partial charge in [0.2, 0.25) is 0 Å². The van der Waals surface area contributed by atoms with Crippen molar-refractivity contribution in [3.63, 3.8) is 0 Å². The molecule has 0 bridgehead atoms. The lowest BCUT2D eigenvalue weighted by atomic mass is 9.94. The summed E-state index contributed by atoms with van der Waals surface area (Å²) < 4.78 is 1.02. The Kier molecular flexibility index (Phi) is 3.77. The molecule has 1 aliphatic rings. The fourth-order valence-electron chi connectivity index (χ4n) is 2.12. The second-order valence-electron chi connectivity index (χ2n) is 4.47. The molecule has 2 atom stereocenters. The van der Waals surface area contributed by atoms with E-state index in [1.54, 1.807) is 0 Å². The molecule has 0 amide bonds. The van der Waals surface area contributed by atoms with E-state index in [-0.39, 0.29) is 0 Å². The van der Waals surface area contributed by atoms with Crippen molar-refractivity contribution in [2.24, 2.45) is 11.7 Å². The van der Waals surface area contributed by atoms with Crippen molar-refractivity contribution in [2.45, 2.75) is 19.4 Å². The molecule has 0 aliphatic carbocycles. The predicted octanol–water partition coefficient (Wildman–Crippen LogP) is 3.28. The Hall–Kier alpha value is -0.250. The number of piperidine rings is 1. The number of rotatable bonds is 1. The molecule has 1 aromatic carbocycles. The highest BCUT2D eigenvalue weighted by atomic mass is 79.9. The van der Waals surface area contributed by atoms with E-state index >= 15 is 0 Å². The topological polar surface area (TPSA) is 29.3 Å². The van der Waals surface area contributed by atoms with Gasteiger partial charge >= 0.3 is 0 Å². The highest BCUT2D eigenvalue weighted by molar-refractivity contribution is 9.10. The molecule has 1 aromatic rings. The maximum atomic E-state index is 6.24. The molecule has 2 unspecified atom stereocenters. The highest BCUT2D eigenvalue weighted by Crippen LogP contribution is 2.31. The van der Waals surface area contributed by atoms with Crippen LogP contribution in [0.15, 0.2) is 22.7 Å². The van der Waals surface area contributed by atoms with Crippen LogP contribution in [0.4, 0.5) is 5.69 Å². The second-order valence-corrected chi connectivity index (χ2v) is 5.79. The first-order valence-corrected chi connectivity index (χ1v) is 6.70. The van der Waals surface area contributed by atoms with Gasteiger partial charge in [-0.25, -0.2) is 0 Å². The third-order valence-corrected chi connectivity index (χ3v) is 4.02. The summed E-state index contributed by atoms with van der Waals surface area (Å²) in [6, 6.07) is 6.36. The van der Waals surface area contributed by atoms with E-state index in [1.165, 1.54) is 0 Å². The van der Waals surface area contributed by atoms with Crippen LogP contribution in [0, 0.1) is 5.92 Å². The van der Waals surface area contributed by atoms with E-state index in [4.69, 9.17) is 17.3 Å². The first-order chi connectivity index (χ1) is 7.58. The molecule has 16 heavy (non-hydrogen) atoms. The molecule has 2 rings (SSSR count). The van der Waals surface area contributed by atoms with Crippen LogP contribution in [-0.2, 0) is 0 Å². The van der Waals surface area contributed by atoms with Crippen molar-refractivity contribution >= 4 is 33.2 Å². The van der Waals surface area contributed by atoms with Crippen LogP contribution in [0.25, 0.3) is 0 Å². The lowest BCUT2D eigenvalue weighted by molar-refractivity contribution is 0.383. The van der Waals surface area contributed by atoms with Crippen molar-refractivity contribution in [3.8, 4) is 0 Å². The summed E-state index contributed by atoms with van der Waals surface area (Å²) in [4.78, 5) is 2.32. The Bertz CT molecular complexity index is 383. The van der Waals surface area contributed by atoms with Gasteiger partial charge in [-0.3, -0.25) is 0 Å². The van der Waals surface area contributed by atoms with Gasteiger partial charge in [0.05, 0.1) is 10.7 Å². The molecule has 0 spiro atoms. The number of anilines is 1. The summed E-state index contributed by atoms with van der Waals surface area (Å²) in [5, 5.41) is 0.803. The largest absolute Gasteiger partial charge is 0.370 e. The van der Waals surface area contributed by atoms with Crippen LogP contribution in [0.2, 0.25) is 5.02 Å². The lowest BCUT2D eigenvalue weighted by Gasteiger charge is -2.37. The second kappa shape index (κ2) is 4.94. The molecule has 0 radical (unpaired) electrons. The molecular weight excluding hydrogens is 288 g/mol. The first kappa shape index (κ1) is 12.2. The van der Waals surface area contributed by atoms with Gasteiger partial charge in [-0.1, -0.05) is 34.5 Å². The molecular formula is C12H16BrClN2. The SMILES string of the molecule is CC1CN(c2ccc(Br)cc2Cl)CCC1N.